The fourth-order valence-corrected chi connectivity index (χ4v) is 1.65. The van der Waals surface area contributed by atoms with Crippen molar-refractivity contribution >= 4 is 5.82 Å². The zero-order valence-corrected chi connectivity index (χ0v) is 12.3. The Morgan fingerprint density at radius 2 is 1.81 bits per heavy atom. The maximum atomic E-state index is 9.62. The lowest BCUT2D eigenvalue weighted by molar-refractivity contribution is 0.0748. The van der Waals surface area contributed by atoms with Crippen molar-refractivity contribution in [3.05, 3.63) is 53.7 Å². The third-order valence-electron chi connectivity index (χ3n) is 2.82. The predicted molar refractivity (Wildman–Crippen MR) is 83.9 cm³/mol. The molecule has 0 atom stereocenters. The van der Waals surface area contributed by atoms with Gasteiger partial charge in [-0.3, -0.25) is 0 Å². The number of aromatic nitrogens is 2. The second-order valence-corrected chi connectivity index (χ2v) is 5.41. The molecule has 0 radical (unpaired) electrons. The van der Waals surface area contributed by atoms with Gasteiger partial charge in [0.2, 0.25) is 0 Å². The molecule has 0 aliphatic rings. The Bertz CT molecular complexity index is 619. The molecule has 0 amide bonds. The summed E-state index contributed by atoms with van der Waals surface area (Å²) in [7, 11) is 0. The molecule has 0 aliphatic heterocycles. The van der Waals surface area contributed by atoms with E-state index in [4.69, 9.17) is 0 Å². The summed E-state index contributed by atoms with van der Waals surface area (Å²) >= 11 is 0. The van der Waals surface area contributed by atoms with E-state index in [1.165, 1.54) is 0 Å². The first-order valence-electron chi connectivity index (χ1n) is 6.90. The van der Waals surface area contributed by atoms with Gasteiger partial charge in [0.15, 0.2) is 0 Å². The van der Waals surface area contributed by atoms with Gasteiger partial charge in [-0.05, 0) is 50.5 Å². The average Bonchev–Trinajstić information content (AvgIpc) is 2.46. The average molecular weight is 281 g/mol. The van der Waals surface area contributed by atoms with Crippen LogP contribution in [0, 0.1) is 11.8 Å². The highest BCUT2D eigenvalue weighted by molar-refractivity contribution is 5.41. The van der Waals surface area contributed by atoms with Gasteiger partial charge in [0.05, 0.1) is 5.60 Å². The van der Waals surface area contributed by atoms with Gasteiger partial charge in [-0.2, -0.15) is 0 Å². The molecule has 0 aliphatic carbocycles. The summed E-state index contributed by atoms with van der Waals surface area (Å²) in [6.45, 7) is 4.21. The molecule has 0 saturated carbocycles. The number of anilines is 1. The van der Waals surface area contributed by atoms with E-state index in [9.17, 15) is 5.11 Å². The van der Waals surface area contributed by atoms with Crippen molar-refractivity contribution in [3.63, 3.8) is 0 Å². The first-order valence-corrected chi connectivity index (χ1v) is 6.90. The van der Waals surface area contributed by atoms with Crippen LogP contribution in [0.25, 0.3) is 0 Å². The van der Waals surface area contributed by atoms with Crippen molar-refractivity contribution in [2.75, 3.05) is 11.9 Å². The minimum atomic E-state index is -0.679. The lowest BCUT2D eigenvalue weighted by Crippen LogP contribution is -2.22. The van der Waals surface area contributed by atoms with Crippen LogP contribution in [0.5, 0.6) is 0 Å². The molecule has 0 unspecified atom stereocenters. The summed E-state index contributed by atoms with van der Waals surface area (Å²) in [5.74, 6) is 6.70. The molecule has 0 bridgehead atoms. The lowest BCUT2D eigenvalue weighted by Gasteiger charge is -2.16. The summed E-state index contributed by atoms with van der Waals surface area (Å²) < 4.78 is 0. The van der Waals surface area contributed by atoms with Crippen LogP contribution >= 0.6 is 0 Å². The fourth-order valence-electron chi connectivity index (χ4n) is 1.65. The molecule has 4 nitrogen and oxygen atoms in total. The van der Waals surface area contributed by atoms with E-state index >= 15 is 0 Å². The maximum absolute atomic E-state index is 9.62. The molecule has 1 aromatic heterocycles. The van der Waals surface area contributed by atoms with Gasteiger partial charge in [-0.1, -0.05) is 24.1 Å². The number of hydrogen-bond donors (Lipinski definition) is 2. The van der Waals surface area contributed by atoms with Crippen molar-refractivity contribution < 1.29 is 5.11 Å². The minimum Gasteiger partial charge on any atom is -0.390 e. The second kappa shape index (κ2) is 6.87. The topological polar surface area (TPSA) is 58.0 Å². The maximum Gasteiger partial charge on any atom is 0.148 e. The van der Waals surface area contributed by atoms with E-state index in [1.807, 2.05) is 42.5 Å². The zero-order valence-electron chi connectivity index (χ0n) is 12.3. The molecule has 0 spiro atoms. The first kappa shape index (κ1) is 15.0. The van der Waals surface area contributed by atoms with E-state index in [0.29, 0.717) is 24.5 Å². The Kier molecular flexibility index (Phi) is 4.91. The number of rotatable bonds is 4. The first-order chi connectivity index (χ1) is 10.0. The van der Waals surface area contributed by atoms with E-state index in [1.54, 1.807) is 13.8 Å². The third-order valence-corrected chi connectivity index (χ3v) is 2.82. The van der Waals surface area contributed by atoms with Crippen molar-refractivity contribution in [3.8, 4) is 11.8 Å². The van der Waals surface area contributed by atoms with Crippen molar-refractivity contribution in [1.82, 2.24) is 10.2 Å². The number of nitrogens with zero attached hydrogens (tertiary/aromatic N) is 2. The highest BCUT2D eigenvalue weighted by Gasteiger charge is 2.11. The molecular formula is C17H19N3O. The summed E-state index contributed by atoms with van der Waals surface area (Å²) in [6.07, 6.45) is 0.643. The Balaban J connectivity index is 1.92. The Morgan fingerprint density at radius 1 is 1.05 bits per heavy atom. The van der Waals surface area contributed by atoms with Crippen LogP contribution in [0.4, 0.5) is 5.82 Å². The van der Waals surface area contributed by atoms with Gasteiger partial charge < -0.3 is 10.4 Å². The summed E-state index contributed by atoms with van der Waals surface area (Å²) in [6, 6.07) is 13.4. The van der Waals surface area contributed by atoms with Crippen LogP contribution in [0.2, 0.25) is 0 Å². The van der Waals surface area contributed by atoms with E-state index in [2.05, 4.69) is 27.4 Å². The smallest absolute Gasteiger partial charge is 0.148 e. The number of aliphatic hydroxyl groups is 1. The third kappa shape index (κ3) is 5.64. The van der Waals surface area contributed by atoms with E-state index in [0.717, 1.165) is 5.56 Å². The molecule has 108 valence electrons. The number of hydrogen-bond acceptors (Lipinski definition) is 4. The quantitative estimate of drug-likeness (QED) is 0.845. The van der Waals surface area contributed by atoms with Crippen LogP contribution < -0.4 is 5.32 Å². The van der Waals surface area contributed by atoms with Gasteiger partial charge in [-0.15, -0.1) is 10.2 Å². The van der Waals surface area contributed by atoms with Crippen LogP contribution in [0.3, 0.4) is 0 Å². The van der Waals surface area contributed by atoms with Crippen molar-refractivity contribution in [2.24, 2.45) is 0 Å². The highest BCUT2D eigenvalue weighted by atomic mass is 16.3. The van der Waals surface area contributed by atoms with Gasteiger partial charge >= 0.3 is 0 Å². The SMILES string of the molecule is CC(C)(O)CCNc1ccc(C#Cc2ccccc2)nn1. The molecular weight excluding hydrogens is 262 g/mol. The molecule has 4 heteroatoms. The number of nitrogens with one attached hydrogen (secondary N) is 1. The van der Waals surface area contributed by atoms with Crippen LogP contribution in [-0.2, 0) is 0 Å². The molecule has 0 fully saturated rings. The molecule has 2 N–H and O–H groups in total. The zero-order chi connectivity index (χ0) is 15.1. The molecule has 1 aromatic carbocycles. The summed E-state index contributed by atoms with van der Waals surface area (Å²) in [4.78, 5) is 0. The standard InChI is InChI=1S/C17H19N3O/c1-17(2,21)12-13-18-16-11-10-15(19-20-16)9-8-14-6-4-3-5-7-14/h3-7,10-11,21H,12-13H2,1-2H3,(H,18,20). The summed E-state index contributed by atoms with van der Waals surface area (Å²) in [5.41, 5.74) is 0.903. The Labute approximate surface area is 125 Å². The lowest BCUT2D eigenvalue weighted by atomic mass is 10.1. The molecule has 1 heterocycles. The molecule has 2 aromatic rings. The van der Waals surface area contributed by atoms with Gasteiger partial charge in [0.1, 0.15) is 11.5 Å². The van der Waals surface area contributed by atoms with Gasteiger partial charge in [0.25, 0.3) is 0 Å². The monoisotopic (exact) mass is 281 g/mol. The van der Waals surface area contributed by atoms with Crippen molar-refractivity contribution in [1.29, 1.82) is 0 Å². The second-order valence-electron chi connectivity index (χ2n) is 5.41. The molecule has 2 rings (SSSR count). The highest BCUT2D eigenvalue weighted by Crippen LogP contribution is 2.08. The predicted octanol–water partition coefficient (Wildman–Crippen LogP) is 2.45. The van der Waals surface area contributed by atoms with Crippen molar-refractivity contribution in [2.45, 2.75) is 25.9 Å². The summed E-state index contributed by atoms with van der Waals surface area (Å²) in [5, 5.41) is 20.9. The normalized spacial score (nSPS) is 10.6. The van der Waals surface area contributed by atoms with Gasteiger partial charge in [-0.25, -0.2) is 0 Å². The Morgan fingerprint density at radius 3 is 2.43 bits per heavy atom. The van der Waals surface area contributed by atoms with E-state index in [-0.39, 0.29) is 0 Å². The van der Waals surface area contributed by atoms with Crippen LogP contribution in [0.1, 0.15) is 31.5 Å². The van der Waals surface area contributed by atoms with Crippen LogP contribution in [-0.4, -0.2) is 27.4 Å². The largest absolute Gasteiger partial charge is 0.390 e. The fraction of sp³-hybridized carbons (Fsp3) is 0.294. The molecule has 21 heavy (non-hydrogen) atoms. The van der Waals surface area contributed by atoms with Gasteiger partial charge in [0, 0.05) is 12.1 Å². The van der Waals surface area contributed by atoms with Crippen LogP contribution in [0.15, 0.2) is 42.5 Å². The Hall–Kier alpha value is -2.38. The molecule has 0 saturated heterocycles. The number of benzene rings is 1. The van der Waals surface area contributed by atoms with E-state index < -0.39 is 5.60 Å². The minimum absolute atomic E-state index is 0.631.